The number of anilines is 1. The van der Waals surface area contributed by atoms with Crippen LogP contribution in [0, 0.1) is 37.4 Å². The predicted octanol–water partition coefficient (Wildman–Crippen LogP) is 2.01. The smallest absolute Gasteiger partial charge is 0.298 e. The van der Waals surface area contributed by atoms with E-state index in [4.69, 9.17) is 5.73 Å². The van der Waals surface area contributed by atoms with E-state index in [1.807, 2.05) is 13.8 Å². The number of hydrogen-bond acceptors (Lipinski definition) is 3. The van der Waals surface area contributed by atoms with Crippen LogP contribution in [0.15, 0.2) is 6.07 Å². The number of nitrogens with one attached hydrogen (secondary N) is 1. The molecule has 1 aromatic carbocycles. The average Bonchev–Trinajstić information content (AvgIpc) is 3.31. The van der Waals surface area contributed by atoms with Crippen molar-refractivity contribution in [1.82, 2.24) is 9.88 Å². The predicted molar refractivity (Wildman–Crippen MR) is 110 cm³/mol. The van der Waals surface area contributed by atoms with Crippen molar-refractivity contribution in [3.8, 4) is 11.8 Å². The van der Waals surface area contributed by atoms with Crippen LogP contribution >= 0.6 is 0 Å². The maximum absolute atomic E-state index is 15.4. The van der Waals surface area contributed by atoms with Crippen LogP contribution < -0.4 is 10.6 Å². The molecule has 7 heteroatoms. The number of carbonyl (C=O) groups is 2. The van der Waals surface area contributed by atoms with Gasteiger partial charge in [0.1, 0.15) is 5.82 Å². The third-order valence-electron chi connectivity index (χ3n) is 6.30. The highest BCUT2D eigenvalue weighted by Crippen LogP contribution is 2.42. The summed E-state index contributed by atoms with van der Waals surface area (Å²) in [7, 11) is 0. The summed E-state index contributed by atoms with van der Waals surface area (Å²) in [6.07, 6.45) is 0.886. The lowest BCUT2D eigenvalue weighted by molar-refractivity contribution is -0.124. The molecule has 2 aromatic rings. The number of primary amides is 1. The molecule has 4 rings (SSSR count). The lowest BCUT2D eigenvalue weighted by atomic mass is 10.0. The summed E-state index contributed by atoms with van der Waals surface area (Å²) in [5, 5.41) is 0.803. The molecule has 2 saturated heterocycles. The maximum Gasteiger partial charge on any atom is 0.298 e. The Labute approximate surface area is 169 Å². The molecule has 2 atom stereocenters. The van der Waals surface area contributed by atoms with E-state index in [9.17, 15) is 9.59 Å². The summed E-state index contributed by atoms with van der Waals surface area (Å²) in [5.41, 5.74) is 9.17. The number of aryl methyl sites for hydroxylation is 2. The Morgan fingerprint density at radius 1 is 1.34 bits per heavy atom. The Bertz CT molecular complexity index is 1080. The Kier molecular flexibility index (Phi) is 4.73. The molecule has 2 aliphatic heterocycles. The van der Waals surface area contributed by atoms with Crippen molar-refractivity contribution in [3.05, 3.63) is 28.7 Å². The number of aromatic nitrogens is 1. The van der Waals surface area contributed by atoms with Gasteiger partial charge in [0, 0.05) is 36.6 Å². The zero-order valence-corrected chi connectivity index (χ0v) is 16.9. The third-order valence-corrected chi connectivity index (χ3v) is 6.30. The molecule has 0 bridgehead atoms. The molecule has 29 heavy (non-hydrogen) atoms. The van der Waals surface area contributed by atoms with Crippen LogP contribution in [0.3, 0.4) is 0 Å². The number of halogens is 1. The van der Waals surface area contributed by atoms with E-state index < -0.39 is 5.91 Å². The fraction of sp³-hybridized carbons (Fsp3) is 0.455. The molecule has 0 aliphatic carbocycles. The SMILES string of the molecule is CC#CC(=O)N1CC2CCN(c3c(F)cc(CC(N)=O)c4[nH]c(C)c(C)c34)C2C1. The van der Waals surface area contributed by atoms with Gasteiger partial charge in [-0.15, -0.1) is 0 Å². The molecule has 0 radical (unpaired) electrons. The minimum absolute atomic E-state index is 0.0168. The number of likely N-dealkylation sites (tertiary alicyclic amines) is 1. The molecule has 2 fully saturated rings. The van der Waals surface area contributed by atoms with E-state index >= 15 is 4.39 Å². The van der Waals surface area contributed by atoms with Gasteiger partial charge >= 0.3 is 0 Å². The first kappa shape index (κ1) is 19.3. The number of fused-ring (bicyclic) bond motifs is 2. The minimum Gasteiger partial charge on any atom is -0.369 e. The Morgan fingerprint density at radius 2 is 2.10 bits per heavy atom. The third kappa shape index (κ3) is 3.13. The van der Waals surface area contributed by atoms with Crippen molar-refractivity contribution in [2.45, 2.75) is 39.7 Å². The molecule has 152 valence electrons. The number of nitrogens with zero attached hydrogens (tertiary/aromatic N) is 2. The van der Waals surface area contributed by atoms with Crippen molar-refractivity contribution >= 4 is 28.4 Å². The highest BCUT2D eigenvalue weighted by molar-refractivity contribution is 6.00. The number of hydrogen-bond donors (Lipinski definition) is 2. The average molecular weight is 396 g/mol. The molecule has 6 nitrogen and oxygen atoms in total. The first-order chi connectivity index (χ1) is 13.8. The molecular formula is C22H25FN4O2. The zero-order chi connectivity index (χ0) is 20.9. The van der Waals surface area contributed by atoms with Crippen LogP contribution in [0.25, 0.3) is 10.9 Å². The quantitative estimate of drug-likeness (QED) is 0.779. The standard InChI is InChI=1S/C22H25FN4O2/c1-4-5-19(29)26-10-14-6-7-27(17(14)11-26)22-16(23)8-15(9-18(24)28)21-20(22)12(2)13(3)25-21/h8,14,17,25H,6-7,9-11H2,1-3H3,(H2,24,28). The van der Waals surface area contributed by atoms with Crippen molar-refractivity contribution in [3.63, 3.8) is 0 Å². The van der Waals surface area contributed by atoms with Crippen LogP contribution in [0.4, 0.5) is 10.1 Å². The minimum atomic E-state index is -0.494. The van der Waals surface area contributed by atoms with Crippen LogP contribution in [-0.4, -0.2) is 47.4 Å². The van der Waals surface area contributed by atoms with E-state index in [-0.39, 0.29) is 24.2 Å². The van der Waals surface area contributed by atoms with Crippen LogP contribution in [0.5, 0.6) is 0 Å². The van der Waals surface area contributed by atoms with E-state index in [1.165, 1.54) is 6.07 Å². The van der Waals surface area contributed by atoms with Gasteiger partial charge in [0.25, 0.3) is 5.91 Å². The molecular weight excluding hydrogens is 371 g/mol. The van der Waals surface area contributed by atoms with Crippen molar-refractivity contribution in [2.75, 3.05) is 24.5 Å². The van der Waals surface area contributed by atoms with E-state index in [2.05, 4.69) is 21.7 Å². The first-order valence-corrected chi connectivity index (χ1v) is 9.88. The maximum atomic E-state index is 15.4. The van der Waals surface area contributed by atoms with Crippen molar-refractivity contribution < 1.29 is 14.0 Å². The fourth-order valence-electron chi connectivity index (χ4n) is 4.87. The summed E-state index contributed by atoms with van der Waals surface area (Å²) >= 11 is 0. The van der Waals surface area contributed by atoms with E-state index in [0.717, 1.165) is 35.1 Å². The Balaban J connectivity index is 1.78. The number of amides is 2. The monoisotopic (exact) mass is 396 g/mol. The van der Waals surface area contributed by atoms with E-state index in [1.54, 1.807) is 11.8 Å². The molecule has 2 unspecified atom stereocenters. The normalized spacial score (nSPS) is 20.7. The van der Waals surface area contributed by atoms with Gasteiger partial charge in [0.2, 0.25) is 5.91 Å². The van der Waals surface area contributed by atoms with Gasteiger partial charge in [0.15, 0.2) is 0 Å². The second kappa shape index (κ2) is 7.11. The Hall–Kier alpha value is -3.01. The number of aromatic amines is 1. The number of benzene rings is 1. The van der Waals surface area contributed by atoms with Gasteiger partial charge in [-0.1, -0.05) is 5.92 Å². The van der Waals surface area contributed by atoms with Crippen LogP contribution in [0.1, 0.15) is 30.2 Å². The molecule has 0 saturated carbocycles. The summed E-state index contributed by atoms with van der Waals surface area (Å²) in [6, 6.07) is 1.48. The lowest BCUT2D eigenvalue weighted by Crippen LogP contribution is -2.37. The largest absolute Gasteiger partial charge is 0.369 e. The highest BCUT2D eigenvalue weighted by atomic mass is 19.1. The zero-order valence-electron chi connectivity index (χ0n) is 16.9. The lowest BCUT2D eigenvalue weighted by Gasteiger charge is -2.28. The second-order valence-corrected chi connectivity index (χ2v) is 8.03. The van der Waals surface area contributed by atoms with Gasteiger partial charge in [-0.3, -0.25) is 9.59 Å². The topological polar surface area (TPSA) is 82.4 Å². The fourth-order valence-corrected chi connectivity index (χ4v) is 4.87. The summed E-state index contributed by atoms with van der Waals surface area (Å²) in [4.78, 5) is 30.9. The van der Waals surface area contributed by atoms with Gasteiger partial charge in [-0.05, 0) is 50.3 Å². The van der Waals surface area contributed by atoms with Crippen LogP contribution in [0.2, 0.25) is 0 Å². The molecule has 3 heterocycles. The molecule has 2 aliphatic rings. The van der Waals surface area contributed by atoms with Crippen molar-refractivity contribution in [2.24, 2.45) is 11.7 Å². The van der Waals surface area contributed by atoms with Crippen LogP contribution in [-0.2, 0) is 16.0 Å². The number of H-pyrrole nitrogens is 1. The molecule has 2 amide bonds. The summed E-state index contributed by atoms with van der Waals surface area (Å²) in [5.74, 6) is 4.56. The summed E-state index contributed by atoms with van der Waals surface area (Å²) in [6.45, 7) is 7.49. The van der Waals surface area contributed by atoms with Gasteiger partial charge in [0.05, 0.1) is 23.7 Å². The van der Waals surface area contributed by atoms with Crippen molar-refractivity contribution in [1.29, 1.82) is 0 Å². The number of nitrogens with two attached hydrogens (primary N) is 1. The highest BCUT2D eigenvalue weighted by Gasteiger charge is 2.44. The number of carbonyl (C=O) groups excluding carboxylic acids is 2. The number of rotatable bonds is 3. The summed E-state index contributed by atoms with van der Waals surface area (Å²) < 4.78 is 15.4. The van der Waals surface area contributed by atoms with E-state index in [0.29, 0.717) is 30.3 Å². The van der Waals surface area contributed by atoms with Gasteiger partial charge in [-0.25, -0.2) is 4.39 Å². The van der Waals surface area contributed by atoms with Gasteiger partial charge < -0.3 is 20.5 Å². The Morgan fingerprint density at radius 3 is 2.79 bits per heavy atom. The molecule has 0 spiro atoms. The molecule has 1 aromatic heterocycles. The second-order valence-electron chi connectivity index (χ2n) is 8.03. The molecule has 3 N–H and O–H groups in total. The first-order valence-electron chi connectivity index (χ1n) is 9.88. The van der Waals surface area contributed by atoms with Gasteiger partial charge in [-0.2, -0.15) is 0 Å².